The number of fused-ring (bicyclic) bond motifs is 2. The summed E-state index contributed by atoms with van der Waals surface area (Å²) in [5.41, 5.74) is 1.69. The third-order valence-corrected chi connectivity index (χ3v) is 8.49. The van der Waals surface area contributed by atoms with Gasteiger partial charge in [0.15, 0.2) is 0 Å². The van der Waals surface area contributed by atoms with Crippen LogP contribution in [0.3, 0.4) is 0 Å². The Kier molecular flexibility index (Phi) is 3.07. The number of hydrogen-bond donors (Lipinski definition) is 3. The van der Waals surface area contributed by atoms with E-state index in [2.05, 4.69) is 18.8 Å². The molecular weight excluding hydrogens is 330 g/mol. The van der Waals surface area contributed by atoms with Crippen molar-refractivity contribution >= 4 is 5.97 Å². The van der Waals surface area contributed by atoms with Crippen LogP contribution in [0.1, 0.15) is 50.3 Å². The number of aliphatic hydroxyl groups is 1. The molecule has 4 aliphatic carbocycles. The van der Waals surface area contributed by atoms with Gasteiger partial charge < -0.3 is 19.9 Å². The molecule has 1 aromatic rings. The van der Waals surface area contributed by atoms with Crippen molar-refractivity contribution in [3.8, 4) is 0 Å². The highest BCUT2D eigenvalue weighted by Crippen LogP contribution is 2.80. The predicted molar refractivity (Wildman–Crippen MR) is 95.8 cm³/mol. The van der Waals surface area contributed by atoms with E-state index in [1.54, 1.807) is 7.11 Å². The Labute approximate surface area is 153 Å². The van der Waals surface area contributed by atoms with Gasteiger partial charge in [-0.3, -0.25) is 0 Å². The Morgan fingerprint density at radius 3 is 2.88 bits per heavy atom. The van der Waals surface area contributed by atoms with E-state index < -0.39 is 11.6 Å². The SMILES string of the molecule is COCC1(O)C(C(=O)O)=C2CC3CCC(C)C24C1c1cc[nH]c1CC34C. The maximum Gasteiger partial charge on any atom is 0.334 e. The molecule has 5 nitrogen and oxygen atoms in total. The van der Waals surface area contributed by atoms with Crippen LogP contribution >= 0.6 is 0 Å². The van der Waals surface area contributed by atoms with Gasteiger partial charge >= 0.3 is 5.97 Å². The number of rotatable bonds is 3. The molecule has 4 aliphatic rings. The molecule has 26 heavy (non-hydrogen) atoms. The number of nitrogens with one attached hydrogen (secondary N) is 1. The Morgan fingerprint density at radius 1 is 1.42 bits per heavy atom. The summed E-state index contributed by atoms with van der Waals surface area (Å²) in [5.74, 6) is -0.414. The summed E-state index contributed by atoms with van der Waals surface area (Å²) in [4.78, 5) is 15.8. The van der Waals surface area contributed by atoms with Crippen molar-refractivity contribution in [2.75, 3.05) is 13.7 Å². The molecule has 1 aromatic heterocycles. The number of aliphatic carboxylic acids is 1. The number of carbonyl (C=O) groups is 1. The first-order valence-electron chi connectivity index (χ1n) is 9.67. The van der Waals surface area contributed by atoms with Gasteiger partial charge in [-0.05, 0) is 60.1 Å². The van der Waals surface area contributed by atoms with Crippen LogP contribution < -0.4 is 0 Å². The molecule has 2 saturated carbocycles. The third-order valence-electron chi connectivity index (χ3n) is 8.49. The molecule has 1 heterocycles. The molecular formula is C21H27NO4. The summed E-state index contributed by atoms with van der Waals surface area (Å²) in [6.07, 6.45) is 5.90. The first-order valence-corrected chi connectivity index (χ1v) is 9.67. The lowest BCUT2D eigenvalue weighted by molar-refractivity contribution is -0.140. The number of H-pyrrole nitrogens is 1. The van der Waals surface area contributed by atoms with E-state index in [1.165, 1.54) is 0 Å². The van der Waals surface area contributed by atoms with Gasteiger partial charge in [0.05, 0.1) is 12.2 Å². The maximum atomic E-state index is 12.4. The zero-order valence-electron chi connectivity index (χ0n) is 15.6. The molecule has 2 bridgehead atoms. The average Bonchev–Trinajstić information content (AvgIpc) is 3.13. The highest BCUT2D eigenvalue weighted by atomic mass is 16.5. The summed E-state index contributed by atoms with van der Waals surface area (Å²) in [5, 5.41) is 22.0. The minimum absolute atomic E-state index is 0.0165. The van der Waals surface area contributed by atoms with Crippen LogP contribution in [0.2, 0.25) is 0 Å². The van der Waals surface area contributed by atoms with Crippen LogP contribution in [-0.4, -0.2) is 40.5 Å². The number of carboxylic acid groups (broad SMARTS) is 1. The molecule has 6 unspecified atom stereocenters. The molecule has 5 heteroatoms. The Hall–Kier alpha value is -1.59. The van der Waals surface area contributed by atoms with E-state index in [0.29, 0.717) is 11.8 Å². The second-order valence-electron chi connectivity index (χ2n) is 9.20. The summed E-state index contributed by atoms with van der Waals surface area (Å²) >= 11 is 0. The fourth-order valence-corrected chi connectivity index (χ4v) is 7.85. The zero-order valence-corrected chi connectivity index (χ0v) is 15.6. The van der Waals surface area contributed by atoms with Crippen LogP contribution in [0.25, 0.3) is 0 Å². The van der Waals surface area contributed by atoms with Gasteiger partial charge in [0, 0.05) is 30.3 Å². The number of carboxylic acids is 1. The molecule has 5 rings (SSSR count). The second-order valence-corrected chi connectivity index (χ2v) is 9.20. The number of aromatic amines is 1. The van der Waals surface area contributed by atoms with Crippen molar-refractivity contribution in [2.45, 2.75) is 51.0 Å². The fraction of sp³-hybridized carbons (Fsp3) is 0.667. The topological polar surface area (TPSA) is 82.6 Å². The number of methoxy groups -OCH3 is 1. The van der Waals surface area contributed by atoms with Gasteiger partial charge in [0.1, 0.15) is 5.60 Å². The van der Waals surface area contributed by atoms with E-state index in [9.17, 15) is 15.0 Å². The van der Waals surface area contributed by atoms with Crippen molar-refractivity contribution in [2.24, 2.45) is 22.7 Å². The molecule has 0 radical (unpaired) electrons. The van der Waals surface area contributed by atoms with Crippen molar-refractivity contribution < 1.29 is 19.7 Å². The quantitative estimate of drug-likeness (QED) is 0.777. The number of hydrogen-bond acceptors (Lipinski definition) is 3. The lowest BCUT2D eigenvalue weighted by atomic mass is 9.43. The van der Waals surface area contributed by atoms with Gasteiger partial charge in [-0.2, -0.15) is 0 Å². The smallest absolute Gasteiger partial charge is 0.334 e. The maximum absolute atomic E-state index is 12.4. The van der Waals surface area contributed by atoms with Gasteiger partial charge in [-0.1, -0.05) is 13.8 Å². The van der Waals surface area contributed by atoms with Crippen molar-refractivity contribution in [3.05, 3.63) is 34.7 Å². The van der Waals surface area contributed by atoms with Gasteiger partial charge in [-0.15, -0.1) is 0 Å². The molecule has 0 saturated heterocycles. The van der Waals surface area contributed by atoms with Crippen LogP contribution in [0, 0.1) is 22.7 Å². The summed E-state index contributed by atoms with van der Waals surface area (Å²) in [6.45, 7) is 4.63. The average molecular weight is 357 g/mol. The standard InChI is InChI=1S/C21H27NO4/c1-11-4-5-12-8-14-16(18(23)24)20(25,10-26-3)17-13-6-7-22-15(13)9-19(12,2)21(11,14)17/h6-7,11-12,17,22,25H,4-5,8-10H2,1-3H3,(H,23,24). The van der Waals surface area contributed by atoms with Crippen LogP contribution in [-0.2, 0) is 16.0 Å². The van der Waals surface area contributed by atoms with E-state index >= 15 is 0 Å². The first kappa shape index (κ1) is 16.6. The minimum atomic E-state index is -1.48. The highest BCUT2D eigenvalue weighted by Gasteiger charge is 2.77. The molecule has 0 aliphatic heterocycles. The summed E-state index contributed by atoms with van der Waals surface area (Å²) < 4.78 is 5.40. The molecule has 6 atom stereocenters. The van der Waals surface area contributed by atoms with Crippen molar-refractivity contribution in [3.63, 3.8) is 0 Å². The first-order chi connectivity index (χ1) is 12.3. The lowest BCUT2D eigenvalue weighted by Crippen LogP contribution is -2.58. The summed E-state index contributed by atoms with van der Waals surface area (Å²) in [7, 11) is 1.54. The predicted octanol–water partition coefficient (Wildman–Crippen LogP) is 2.87. The van der Waals surface area contributed by atoms with E-state index in [4.69, 9.17) is 4.74 Å². The number of aromatic nitrogens is 1. The van der Waals surface area contributed by atoms with Crippen LogP contribution in [0.5, 0.6) is 0 Å². The van der Waals surface area contributed by atoms with Gasteiger partial charge in [-0.25, -0.2) is 4.79 Å². The highest BCUT2D eigenvalue weighted by molar-refractivity contribution is 5.93. The van der Waals surface area contributed by atoms with Gasteiger partial charge in [0.2, 0.25) is 0 Å². The Morgan fingerprint density at radius 2 is 2.19 bits per heavy atom. The van der Waals surface area contributed by atoms with Crippen LogP contribution in [0.4, 0.5) is 0 Å². The Bertz CT molecular complexity index is 841. The largest absolute Gasteiger partial charge is 0.478 e. The van der Waals surface area contributed by atoms with E-state index in [1.807, 2.05) is 12.3 Å². The number of allylic oxidation sites excluding steroid dienone is 1. The van der Waals surface area contributed by atoms with Gasteiger partial charge in [0.25, 0.3) is 0 Å². The fourth-order valence-electron chi connectivity index (χ4n) is 7.85. The number of ether oxygens (including phenoxy) is 1. The second kappa shape index (κ2) is 4.82. The lowest BCUT2D eigenvalue weighted by Gasteiger charge is -2.60. The summed E-state index contributed by atoms with van der Waals surface area (Å²) in [6, 6.07) is 2.05. The molecule has 0 amide bonds. The van der Waals surface area contributed by atoms with Crippen molar-refractivity contribution in [1.82, 2.24) is 4.98 Å². The molecule has 140 valence electrons. The Balaban J connectivity index is 1.90. The third kappa shape index (κ3) is 1.48. The van der Waals surface area contributed by atoms with Crippen LogP contribution in [0.15, 0.2) is 23.4 Å². The van der Waals surface area contributed by atoms with Crippen molar-refractivity contribution in [1.29, 1.82) is 0 Å². The van der Waals surface area contributed by atoms with E-state index in [-0.39, 0.29) is 28.9 Å². The molecule has 2 fully saturated rings. The zero-order chi connectivity index (χ0) is 18.5. The van der Waals surface area contributed by atoms with E-state index in [0.717, 1.165) is 42.5 Å². The minimum Gasteiger partial charge on any atom is -0.478 e. The molecule has 3 N–H and O–H groups in total. The molecule has 1 spiro atoms. The monoisotopic (exact) mass is 357 g/mol. The molecule has 0 aromatic carbocycles. The normalized spacial score (nSPS) is 45.6.